The molecular weight excluding hydrogens is 168 g/mol. The summed E-state index contributed by atoms with van der Waals surface area (Å²) in [6, 6.07) is 1.87. The number of furan rings is 1. The summed E-state index contributed by atoms with van der Waals surface area (Å²) in [4.78, 5) is 0. The van der Waals surface area contributed by atoms with Crippen LogP contribution in [0, 0.1) is 0 Å². The summed E-state index contributed by atoms with van der Waals surface area (Å²) in [6.45, 7) is 0.785. The van der Waals surface area contributed by atoms with Gasteiger partial charge in [0.1, 0.15) is 0 Å². The average Bonchev–Trinajstić information content (AvgIpc) is 2.74. The lowest BCUT2D eigenvalue weighted by atomic mass is 10.0. The molecule has 0 aromatic carbocycles. The van der Waals surface area contributed by atoms with Crippen molar-refractivity contribution in [3.63, 3.8) is 0 Å². The monoisotopic (exact) mass is 182 g/mol. The van der Waals surface area contributed by atoms with E-state index < -0.39 is 0 Å². The van der Waals surface area contributed by atoms with Crippen molar-refractivity contribution < 1.29 is 14.3 Å². The van der Waals surface area contributed by atoms with Gasteiger partial charge in [0.15, 0.2) is 0 Å². The Bertz CT molecular complexity index is 237. The smallest absolute Gasteiger partial charge is 0.0935 e. The van der Waals surface area contributed by atoms with Crippen LogP contribution in [0.1, 0.15) is 18.4 Å². The maximum absolute atomic E-state index is 9.75. The van der Waals surface area contributed by atoms with Crippen molar-refractivity contribution in [3.8, 4) is 0 Å². The molecule has 3 heteroatoms. The van der Waals surface area contributed by atoms with Crippen LogP contribution in [-0.2, 0) is 11.2 Å². The first-order valence-corrected chi connectivity index (χ1v) is 4.67. The fourth-order valence-electron chi connectivity index (χ4n) is 1.69. The van der Waals surface area contributed by atoms with Crippen molar-refractivity contribution in [1.29, 1.82) is 0 Å². The van der Waals surface area contributed by atoms with Crippen LogP contribution < -0.4 is 0 Å². The first-order valence-electron chi connectivity index (χ1n) is 4.67. The molecule has 0 radical (unpaired) electrons. The van der Waals surface area contributed by atoms with Crippen LogP contribution >= 0.6 is 0 Å². The second-order valence-corrected chi connectivity index (χ2v) is 3.45. The SMILES string of the molecule is OC(Cc1ccoc1)C1CCCO1. The van der Waals surface area contributed by atoms with Gasteiger partial charge in [-0.3, -0.25) is 0 Å². The quantitative estimate of drug-likeness (QED) is 0.767. The van der Waals surface area contributed by atoms with E-state index >= 15 is 0 Å². The van der Waals surface area contributed by atoms with E-state index in [2.05, 4.69) is 0 Å². The fraction of sp³-hybridized carbons (Fsp3) is 0.600. The molecule has 1 aliphatic rings. The molecule has 1 aliphatic heterocycles. The zero-order valence-electron chi connectivity index (χ0n) is 7.48. The highest BCUT2D eigenvalue weighted by Gasteiger charge is 2.24. The van der Waals surface area contributed by atoms with Crippen LogP contribution in [0.3, 0.4) is 0 Å². The largest absolute Gasteiger partial charge is 0.472 e. The van der Waals surface area contributed by atoms with Crippen LogP contribution in [0.2, 0.25) is 0 Å². The van der Waals surface area contributed by atoms with Gasteiger partial charge in [-0.2, -0.15) is 0 Å². The Morgan fingerprint density at radius 1 is 1.62 bits per heavy atom. The standard InChI is InChI=1S/C10H14O3/c11-9(10-2-1-4-13-10)6-8-3-5-12-7-8/h3,5,7,9-11H,1-2,4,6H2. The minimum atomic E-state index is -0.389. The van der Waals surface area contributed by atoms with Crippen molar-refractivity contribution >= 4 is 0 Å². The number of hydrogen-bond donors (Lipinski definition) is 1. The average molecular weight is 182 g/mol. The summed E-state index contributed by atoms with van der Waals surface area (Å²) in [5, 5.41) is 9.75. The molecule has 0 saturated carbocycles. The van der Waals surface area contributed by atoms with Gasteiger partial charge in [-0.15, -0.1) is 0 Å². The molecule has 0 aliphatic carbocycles. The molecule has 72 valence electrons. The minimum absolute atomic E-state index is 0.0231. The Morgan fingerprint density at radius 3 is 3.15 bits per heavy atom. The zero-order valence-corrected chi connectivity index (χ0v) is 7.48. The lowest BCUT2D eigenvalue weighted by Gasteiger charge is -2.16. The van der Waals surface area contributed by atoms with Crippen LogP contribution in [0.5, 0.6) is 0 Å². The van der Waals surface area contributed by atoms with Gasteiger partial charge in [0.05, 0.1) is 24.7 Å². The predicted molar refractivity (Wildman–Crippen MR) is 47.4 cm³/mol. The molecule has 0 bridgehead atoms. The molecule has 1 aromatic rings. The van der Waals surface area contributed by atoms with E-state index in [0.29, 0.717) is 6.42 Å². The van der Waals surface area contributed by atoms with Gasteiger partial charge in [-0.05, 0) is 24.5 Å². The van der Waals surface area contributed by atoms with E-state index in [4.69, 9.17) is 9.15 Å². The third kappa shape index (κ3) is 2.11. The van der Waals surface area contributed by atoms with Gasteiger partial charge in [-0.1, -0.05) is 0 Å². The Kier molecular flexibility index (Phi) is 2.66. The molecule has 1 fully saturated rings. The lowest BCUT2D eigenvalue weighted by Crippen LogP contribution is -2.27. The van der Waals surface area contributed by atoms with E-state index in [1.807, 2.05) is 6.07 Å². The van der Waals surface area contributed by atoms with Gasteiger partial charge in [0.25, 0.3) is 0 Å². The highest BCUT2D eigenvalue weighted by Crippen LogP contribution is 2.18. The summed E-state index contributed by atoms with van der Waals surface area (Å²) in [5.41, 5.74) is 1.03. The molecule has 1 N–H and O–H groups in total. The number of hydrogen-bond acceptors (Lipinski definition) is 3. The third-order valence-electron chi connectivity index (χ3n) is 2.42. The number of ether oxygens (including phenoxy) is 1. The van der Waals surface area contributed by atoms with Crippen molar-refractivity contribution in [2.24, 2.45) is 0 Å². The molecule has 1 saturated heterocycles. The number of aliphatic hydroxyl groups excluding tert-OH is 1. The molecule has 2 atom stereocenters. The molecule has 2 heterocycles. The highest BCUT2D eigenvalue weighted by atomic mass is 16.5. The fourth-order valence-corrected chi connectivity index (χ4v) is 1.69. The summed E-state index contributed by atoms with van der Waals surface area (Å²) in [5.74, 6) is 0. The normalized spacial score (nSPS) is 24.8. The maximum atomic E-state index is 9.75. The van der Waals surface area contributed by atoms with Crippen molar-refractivity contribution in [2.45, 2.75) is 31.5 Å². The lowest BCUT2D eigenvalue weighted by molar-refractivity contribution is -0.000828. The summed E-state index contributed by atoms with van der Waals surface area (Å²) in [7, 11) is 0. The Balaban J connectivity index is 1.87. The van der Waals surface area contributed by atoms with E-state index in [0.717, 1.165) is 25.0 Å². The minimum Gasteiger partial charge on any atom is -0.472 e. The molecule has 13 heavy (non-hydrogen) atoms. The van der Waals surface area contributed by atoms with Gasteiger partial charge in [0, 0.05) is 13.0 Å². The second kappa shape index (κ2) is 3.94. The Hall–Kier alpha value is -0.800. The van der Waals surface area contributed by atoms with Crippen molar-refractivity contribution in [2.75, 3.05) is 6.61 Å². The van der Waals surface area contributed by atoms with Crippen LogP contribution in [-0.4, -0.2) is 23.9 Å². The van der Waals surface area contributed by atoms with Gasteiger partial charge < -0.3 is 14.3 Å². The van der Waals surface area contributed by atoms with Crippen molar-refractivity contribution in [1.82, 2.24) is 0 Å². The number of aliphatic hydroxyl groups is 1. The van der Waals surface area contributed by atoms with Crippen LogP contribution in [0.25, 0.3) is 0 Å². The molecular formula is C10H14O3. The van der Waals surface area contributed by atoms with Crippen LogP contribution in [0.15, 0.2) is 23.0 Å². The third-order valence-corrected chi connectivity index (χ3v) is 2.42. The van der Waals surface area contributed by atoms with Crippen molar-refractivity contribution in [3.05, 3.63) is 24.2 Å². The van der Waals surface area contributed by atoms with Gasteiger partial charge in [-0.25, -0.2) is 0 Å². The zero-order chi connectivity index (χ0) is 9.10. The Morgan fingerprint density at radius 2 is 2.54 bits per heavy atom. The summed E-state index contributed by atoms with van der Waals surface area (Å²) >= 11 is 0. The molecule has 0 amide bonds. The second-order valence-electron chi connectivity index (χ2n) is 3.45. The van der Waals surface area contributed by atoms with Gasteiger partial charge >= 0.3 is 0 Å². The van der Waals surface area contributed by atoms with E-state index in [9.17, 15) is 5.11 Å². The Labute approximate surface area is 77.3 Å². The molecule has 2 unspecified atom stereocenters. The van der Waals surface area contributed by atoms with Gasteiger partial charge in [0.2, 0.25) is 0 Å². The van der Waals surface area contributed by atoms with E-state index in [-0.39, 0.29) is 12.2 Å². The molecule has 0 spiro atoms. The summed E-state index contributed by atoms with van der Waals surface area (Å²) < 4.78 is 10.3. The maximum Gasteiger partial charge on any atom is 0.0935 e. The predicted octanol–water partition coefficient (Wildman–Crippen LogP) is 1.36. The first-order chi connectivity index (χ1) is 6.36. The van der Waals surface area contributed by atoms with E-state index in [1.54, 1.807) is 12.5 Å². The van der Waals surface area contributed by atoms with Crippen LogP contribution in [0.4, 0.5) is 0 Å². The topological polar surface area (TPSA) is 42.6 Å². The highest BCUT2D eigenvalue weighted by molar-refractivity contribution is 5.07. The number of rotatable bonds is 3. The molecule has 3 nitrogen and oxygen atoms in total. The first kappa shape index (κ1) is 8.78. The van der Waals surface area contributed by atoms with E-state index in [1.165, 1.54) is 0 Å². The molecule has 1 aromatic heterocycles. The summed E-state index contributed by atoms with van der Waals surface area (Å²) in [6.07, 6.45) is 5.58. The molecule has 2 rings (SSSR count).